The van der Waals surface area contributed by atoms with Gasteiger partial charge in [0, 0.05) is 12.1 Å². The van der Waals surface area contributed by atoms with Gasteiger partial charge >= 0.3 is 0 Å². The summed E-state index contributed by atoms with van der Waals surface area (Å²) in [7, 11) is -3.35. The van der Waals surface area contributed by atoms with Crippen molar-refractivity contribution in [1.29, 1.82) is 0 Å². The fourth-order valence-corrected chi connectivity index (χ4v) is 2.65. The number of nitrogens with zero attached hydrogens (tertiary/aromatic N) is 1. The van der Waals surface area contributed by atoms with Crippen LogP contribution in [-0.4, -0.2) is 38.3 Å². The molecule has 6 nitrogen and oxygen atoms in total. The predicted molar refractivity (Wildman–Crippen MR) is 77.3 cm³/mol. The summed E-state index contributed by atoms with van der Waals surface area (Å²) in [6.07, 6.45) is 0. The van der Waals surface area contributed by atoms with Crippen LogP contribution in [0.4, 0.5) is 0 Å². The van der Waals surface area contributed by atoms with Crippen LogP contribution in [0, 0.1) is 11.8 Å². The molecule has 1 rings (SSSR count). The number of benzene rings is 1. The molecule has 108 valence electrons. The van der Waals surface area contributed by atoms with Crippen LogP contribution in [-0.2, 0) is 9.84 Å². The third-order valence-corrected chi connectivity index (χ3v) is 4.29. The van der Waals surface area contributed by atoms with Gasteiger partial charge in [-0.3, -0.25) is 0 Å². The fraction of sp³-hybridized carbons (Fsp3) is 0.308. The van der Waals surface area contributed by atoms with Gasteiger partial charge in [-0.25, -0.2) is 8.42 Å². The van der Waals surface area contributed by atoms with Crippen molar-refractivity contribution in [2.75, 3.05) is 18.8 Å². The van der Waals surface area contributed by atoms with Crippen LogP contribution >= 0.6 is 0 Å². The van der Waals surface area contributed by atoms with Crippen molar-refractivity contribution in [1.82, 2.24) is 5.32 Å². The van der Waals surface area contributed by atoms with Crippen molar-refractivity contribution in [2.45, 2.75) is 11.8 Å². The first-order valence-electron chi connectivity index (χ1n) is 5.92. The number of nitrogens with two attached hydrogens (primary N) is 1. The first-order valence-corrected chi connectivity index (χ1v) is 7.57. The number of amidine groups is 1. The molecule has 0 saturated heterocycles. The molecule has 4 N–H and O–H groups in total. The van der Waals surface area contributed by atoms with Crippen molar-refractivity contribution in [3.63, 3.8) is 0 Å². The molecule has 0 unspecified atom stereocenters. The molecule has 0 aromatic heterocycles. The third-order valence-electron chi connectivity index (χ3n) is 2.55. The normalized spacial score (nSPS) is 11.8. The van der Waals surface area contributed by atoms with E-state index in [1.807, 2.05) is 0 Å². The highest BCUT2D eigenvalue weighted by atomic mass is 32.2. The number of rotatable bonds is 6. The minimum absolute atomic E-state index is 0.0126. The quantitative estimate of drug-likeness (QED) is 0.173. The number of oxime groups is 1. The van der Waals surface area contributed by atoms with E-state index >= 15 is 0 Å². The molecular weight excluding hydrogens is 278 g/mol. The highest BCUT2D eigenvalue weighted by molar-refractivity contribution is 7.91. The van der Waals surface area contributed by atoms with Gasteiger partial charge in [0.2, 0.25) is 0 Å². The van der Waals surface area contributed by atoms with Gasteiger partial charge in [0.05, 0.1) is 17.2 Å². The van der Waals surface area contributed by atoms with Gasteiger partial charge in [-0.2, -0.15) is 0 Å². The fourth-order valence-electron chi connectivity index (χ4n) is 1.45. The smallest absolute Gasteiger partial charge is 0.179 e. The topological polar surface area (TPSA) is 105 Å². The molecule has 1 aromatic rings. The van der Waals surface area contributed by atoms with Gasteiger partial charge in [-0.15, -0.1) is 5.92 Å². The maximum Gasteiger partial charge on any atom is 0.179 e. The summed E-state index contributed by atoms with van der Waals surface area (Å²) < 4.78 is 24.1. The first-order chi connectivity index (χ1) is 9.51. The van der Waals surface area contributed by atoms with E-state index in [1.54, 1.807) is 6.92 Å². The van der Waals surface area contributed by atoms with Crippen LogP contribution in [0.25, 0.3) is 0 Å². The van der Waals surface area contributed by atoms with Gasteiger partial charge in [0.15, 0.2) is 15.7 Å². The molecule has 0 bridgehead atoms. The Balaban J connectivity index is 2.70. The van der Waals surface area contributed by atoms with E-state index in [9.17, 15) is 8.42 Å². The molecule has 1 aromatic carbocycles. The standard InChI is InChI=1S/C13H17N3O3S/c1-2-3-8-15-9-10-20(18,19)12-6-4-11(5-7-12)13(14)16-17/h4-7,15,17H,8-10H2,1H3,(H2,14,16). The molecule has 7 heteroatoms. The Morgan fingerprint density at radius 3 is 2.60 bits per heavy atom. The highest BCUT2D eigenvalue weighted by Crippen LogP contribution is 2.12. The predicted octanol–water partition coefficient (Wildman–Crippen LogP) is 0.168. The molecule has 20 heavy (non-hydrogen) atoms. The lowest BCUT2D eigenvalue weighted by molar-refractivity contribution is 0.318. The molecule has 0 radical (unpaired) electrons. The van der Waals surface area contributed by atoms with Crippen LogP contribution < -0.4 is 11.1 Å². The zero-order valence-corrected chi connectivity index (χ0v) is 11.9. The Morgan fingerprint density at radius 2 is 2.05 bits per heavy atom. The van der Waals surface area contributed by atoms with Crippen molar-refractivity contribution < 1.29 is 13.6 Å². The molecular formula is C13H17N3O3S. The molecule has 0 aliphatic heterocycles. The summed E-state index contributed by atoms with van der Waals surface area (Å²) in [6, 6.07) is 5.87. The average molecular weight is 295 g/mol. The summed E-state index contributed by atoms with van der Waals surface area (Å²) in [5.41, 5.74) is 5.87. The lowest BCUT2D eigenvalue weighted by atomic mass is 10.2. The maximum atomic E-state index is 12.0. The second kappa shape index (κ2) is 7.53. The Morgan fingerprint density at radius 1 is 1.40 bits per heavy atom. The van der Waals surface area contributed by atoms with Crippen LogP contribution in [0.15, 0.2) is 34.3 Å². The molecule has 0 saturated carbocycles. The first kappa shape index (κ1) is 16.0. The van der Waals surface area contributed by atoms with E-state index in [0.717, 1.165) is 0 Å². The van der Waals surface area contributed by atoms with E-state index in [0.29, 0.717) is 18.7 Å². The van der Waals surface area contributed by atoms with Crippen LogP contribution in [0.5, 0.6) is 0 Å². The van der Waals surface area contributed by atoms with Crippen LogP contribution in [0.2, 0.25) is 0 Å². The summed E-state index contributed by atoms with van der Waals surface area (Å²) in [5, 5.41) is 14.3. The molecule has 0 fully saturated rings. The zero-order valence-electron chi connectivity index (χ0n) is 11.1. The number of hydrogen-bond donors (Lipinski definition) is 3. The minimum atomic E-state index is -3.35. The largest absolute Gasteiger partial charge is 0.409 e. The minimum Gasteiger partial charge on any atom is -0.409 e. The number of nitrogens with one attached hydrogen (secondary N) is 1. The molecule has 0 heterocycles. The summed E-state index contributed by atoms with van der Waals surface area (Å²) in [4.78, 5) is 0.204. The summed E-state index contributed by atoms with van der Waals surface area (Å²) in [5.74, 6) is 5.43. The van der Waals surface area contributed by atoms with Gasteiger partial charge in [0.25, 0.3) is 0 Å². The summed E-state index contributed by atoms with van der Waals surface area (Å²) in [6.45, 7) is 2.52. The second-order valence-electron chi connectivity index (χ2n) is 3.93. The molecule has 0 aliphatic rings. The van der Waals surface area contributed by atoms with E-state index in [1.165, 1.54) is 24.3 Å². The number of sulfone groups is 1. The monoisotopic (exact) mass is 295 g/mol. The van der Waals surface area contributed by atoms with Crippen molar-refractivity contribution in [3.8, 4) is 11.8 Å². The second-order valence-corrected chi connectivity index (χ2v) is 6.04. The maximum absolute atomic E-state index is 12.0. The third kappa shape index (κ3) is 4.57. The molecule has 0 atom stereocenters. The van der Waals surface area contributed by atoms with Crippen molar-refractivity contribution in [3.05, 3.63) is 29.8 Å². The SMILES string of the molecule is CC#CCNCCS(=O)(=O)c1ccc(/C(N)=N/O)cc1. The molecule has 0 aliphatic carbocycles. The Bertz CT molecular complexity index is 625. The van der Waals surface area contributed by atoms with Crippen molar-refractivity contribution >= 4 is 15.7 Å². The highest BCUT2D eigenvalue weighted by Gasteiger charge is 2.14. The van der Waals surface area contributed by atoms with Crippen LogP contribution in [0.1, 0.15) is 12.5 Å². The Labute approximate surface area is 118 Å². The molecule has 0 spiro atoms. The summed E-state index contributed by atoms with van der Waals surface area (Å²) >= 11 is 0. The van der Waals surface area contributed by atoms with E-state index in [2.05, 4.69) is 22.3 Å². The van der Waals surface area contributed by atoms with Crippen LogP contribution in [0.3, 0.4) is 0 Å². The Kier molecular flexibility index (Phi) is 6.03. The molecule has 0 amide bonds. The van der Waals surface area contributed by atoms with Gasteiger partial charge < -0.3 is 16.3 Å². The average Bonchev–Trinajstić information content (AvgIpc) is 2.46. The lowest BCUT2D eigenvalue weighted by Gasteiger charge is -2.05. The van der Waals surface area contributed by atoms with Gasteiger partial charge in [0.1, 0.15) is 0 Å². The number of hydrogen-bond acceptors (Lipinski definition) is 5. The zero-order chi connectivity index (χ0) is 15.0. The van der Waals surface area contributed by atoms with Gasteiger partial charge in [-0.1, -0.05) is 11.1 Å². The van der Waals surface area contributed by atoms with E-state index in [4.69, 9.17) is 10.9 Å². The van der Waals surface area contributed by atoms with Crippen molar-refractivity contribution in [2.24, 2.45) is 10.9 Å². The Hall–Kier alpha value is -2.04. The van der Waals surface area contributed by atoms with E-state index in [-0.39, 0.29) is 16.5 Å². The lowest BCUT2D eigenvalue weighted by Crippen LogP contribution is -2.23. The van der Waals surface area contributed by atoms with Gasteiger partial charge in [-0.05, 0) is 31.2 Å². The van der Waals surface area contributed by atoms with E-state index < -0.39 is 9.84 Å².